The zero-order valence-corrected chi connectivity index (χ0v) is 10.4. The fourth-order valence-corrected chi connectivity index (χ4v) is 1.40. The lowest BCUT2D eigenvalue weighted by Crippen LogP contribution is -2.27. The van der Waals surface area contributed by atoms with Crippen molar-refractivity contribution in [3.8, 4) is 0 Å². The summed E-state index contributed by atoms with van der Waals surface area (Å²) in [5, 5.41) is 2.70. The molecular formula is C11H15N3O2S. The van der Waals surface area contributed by atoms with E-state index in [1.54, 1.807) is 19.3 Å². The molecule has 0 fully saturated rings. The Balaban J connectivity index is 2.50. The summed E-state index contributed by atoms with van der Waals surface area (Å²) >= 11 is 4.72. The van der Waals surface area contributed by atoms with Crippen molar-refractivity contribution in [2.45, 2.75) is 12.8 Å². The summed E-state index contributed by atoms with van der Waals surface area (Å²) in [6.45, 7) is 0.491. The molecule has 0 aromatic carbocycles. The van der Waals surface area contributed by atoms with Gasteiger partial charge in [-0.25, -0.2) is 0 Å². The van der Waals surface area contributed by atoms with Crippen molar-refractivity contribution < 1.29 is 4.79 Å². The van der Waals surface area contributed by atoms with Crippen LogP contribution in [0.25, 0.3) is 0 Å². The van der Waals surface area contributed by atoms with Crippen molar-refractivity contribution in [2.24, 2.45) is 12.8 Å². The highest BCUT2D eigenvalue weighted by atomic mass is 32.1. The molecule has 0 aliphatic carbocycles. The standard InChI is InChI=1S/C11H15N3O2S/c1-14-6-4-8(7-10(14)15)11(16)13-5-2-3-9(12)17/h4,6-7H,2-3,5H2,1H3,(H2,12,17)(H,13,16). The lowest BCUT2D eigenvalue weighted by atomic mass is 10.2. The fourth-order valence-electron chi connectivity index (χ4n) is 1.26. The molecule has 0 atom stereocenters. The Morgan fingerprint density at radius 2 is 2.29 bits per heavy atom. The van der Waals surface area contributed by atoms with Gasteiger partial charge in [-0.15, -0.1) is 0 Å². The number of nitrogens with one attached hydrogen (secondary N) is 1. The molecule has 17 heavy (non-hydrogen) atoms. The molecular weight excluding hydrogens is 238 g/mol. The van der Waals surface area contributed by atoms with E-state index in [4.69, 9.17) is 18.0 Å². The summed E-state index contributed by atoms with van der Waals surface area (Å²) in [6, 6.07) is 2.91. The molecule has 1 amide bonds. The van der Waals surface area contributed by atoms with Gasteiger partial charge in [-0.2, -0.15) is 0 Å². The molecule has 92 valence electrons. The van der Waals surface area contributed by atoms with Crippen LogP contribution in [-0.4, -0.2) is 22.0 Å². The van der Waals surface area contributed by atoms with Crippen LogP contribution in [0.4, 0.5) is 0 Å². The number of hydrogen-bond acceptors (Lipinski definition) is 3. The normalized spacial score (nSPS) is 9.94. The van der Waals surface area contributed by atoms with E-state index >= 15 is 0 Å². The van der Waals surface area contributed by atoms with Crippen molar-refractivity contribution in [1.82, 2.24) is 9.88 Å². The minimum absolute atomic E-state index is 0.208. The van der Waals surface area contributed by atoms with Gasteiger partial charge in [-0.05, 0) is 18.9 Å². The molecule has 0 saturated carbocycles. The fraction of sp³-hybridized carbons (Fsp3) is 0.364. The number of hydrogen-bond donors (Lipinski definition) is 2. The first-order valence-corrected chi connectivity index (χ1v) is 5.64. The molecule has 0 bridgehead atoms. The highest BCUT2D eigenvalue weighted by molar-refractivity contribution is 7.80. The third kappa shape index (κ3) is 4.36. The van der Waals surface area contributed by atoms with Crippen LogP contribution in [0.15, 0.2) is 23.1 Å². The largest absolute Gasteiger partial charge is 0.393 e. The molecule has 0 aliphatic heterocycles. The van der Waals surface area contributed by atoms with Gasteiger partial charge in [0.05, 0.1) is 4.99 Å². The number of thiocarbonyl (C=S) groups is 1. The van der Waals surface area contributed by atoms with Crippen molar-refractivity contribution >= 4 is 23.1 Å². The SMILES string of the molecule is Cn1ccc(C(=O)NCCCC(N)=S)cc1=O. The maximum atomic E-state index is 11.6. The van der Waals surface area contributed by atoms with Crippen LogP contribution >= 0.6 is 12.2 Å². The van der Waals surface area contributed by atoms with E-state index in [0.29, 0.717) is 29.9 Å². The van der Waals surface area contributed by atoms with Gasteiger partial charge >= 0.3 is 0 Å². The lowest BCUT2D eigenvalue weighted by Gasteiger charge is -2.05. The molecule has 1 heterocycles. The minimum Gasteiger partial charge on any atom is -0.393 e. The highest BCUT2D eigenvalue weighted by Crippen LogP contribution is 1.95. The first-order chi connectivity index (χ1) is 8.00. The second-order valence-electron chi connectivity index (χ2n) is 3.69. The van der Waals surface area contributed by atoms with E-state index in [2.05, 4.69) is 5.32 Å². The molecule has 1 aromatic rings. The van der Waals surface area contributed by atoms with Crippen LogP contribution in [0.5, 0.6) is 0 Å². The number of carbonyl (C=O) groups is 1. The molecule has 1 aromatic heterocycles. The number of amides is 1. The predicted octanol–water partition coefficient (Wildman–Crippen LogP) is 0.181. The van der Waals surface area contributed by atoms with Crippen LogP contribution in [0, 0.1) is 0 Å². The summed E-state index contributed by atoms with van der Waals surface area (Å²) in [7, 11) is 1.63. The second-order valence-corrected chi connectivity index (χ2v) is 4.21. The van der Waals surface area contributed by atoms with E-state index in [1.165, 1.54) is 10.6 Å². The van der Waals surface area contributed by atoms with Crippen molar-refractivity contribution in [3.63, 3.8) is 0 Å². The van der Waals surface area contributed by atoms with Gasteiger partial charge in [-0.1, -0.05) is 12.2 Å². The maximum Gasteiger partial charge on any atom is 0.251 e. The number of aromatic nitrogens is 1. The van der Waals surface area contributed by atoms with Crippen molar-refractivity contribution in [2.75, 3.05) is 6.54 Å². The van der Waals surface area contributed by atoms with Crippen molar-refractivity contribution in [3.05, 3.63) is 34.2 Å². The Hall–Kier alpha value is -1.69. The molecule has 0 aliphatic rings. The van der Waals surface area contributed by atoms with Gasteiger partial charge in [0, 0.05) is 31.4 Å². The molecule has 0 unspecified atom stereocenters. The molecule has 0 saturated heterocycles. The van der Waals surface area contributed by atoms with Gasteiger partial charge in [-0.3, -0.25) is 9.59 Å². The average Bonchev–Trinajstić information content (AvgIpc) is 2.27. The summed E-state index contributed by atoms with van der Waals surface area (Å²) in [5.41, 5.74) is 5.49. The number of nitrogens with two attached hydrogens (primary N) is 1. The van der Waals surface area contributed by atoms with E-state index in [0.717, 1.165) is 0 Å². The van der Waals surface area contributed by atoms with Crippen LogP contribution in [-0.2, 0) is 7.05 Å². The quantitative estimate of drug-likeness (QED) is 0.580. The molecule has 5 nitrogen and oxygen atoms in total. The maximum absolute atomic E-state index is 11.6. The van der Waals surface area contributed by atoms with Gasteiger partial charge in [0.15, 0.2) is 0 Å². The predicted molar refractivity (Wildman–Crippen MR) is 70.0 cm³/mol. The molecule has 3 N–H and O–H groups in total. The Morgan fingerprint density at radius 1 is 1.59 bits per heavy atom. The van der Waals surface area contributed by atoms with Crippen LogP contribution in [0.2, 0.25) is 0 Å². The number of rotatable bonds is 5. The van der Waals surface area contributed by atoms with Gasteiger partial charge in [0.1, 0.15) is 0 Å². The Bertz CT molecular complexity index is 482. The Morgan fingerprint density at radius 3 is 2.88 bits per heavy atom. The topological polar surface area (TPSA) is 77.1 Å². The van der Waals surface area contributed by atoms with Crippen LogP contribution in [0.3, 0.4) is 0 Å². The van der Waals surface area contributed by atoms with E-state index < -0.39 is 0 Å². The van der Waals surface area contributed by atoms with E-state index in [9.17, 15) is 9.59 Å². The number of aryl methyl sites for hydroxylation is 1. The van der Waals surface area contributed by atoms with Crippen LogP contribution < -0.4 is 16.6 Å². The number of pyridine rings is 1. The first kappa shape index (κ1) is 13.4. The second kappa shape index (κ2) is 6.15. The van der Waals surface area contributed by atoms with Gasteiger partial charge in [0.2, 0.25) is 0 Å². The van der Waals surface area contributed by atoms with Gasteiger partial charge < -0.3 is 15.6 Å². The van der Waals surface area contributed by atoms with E-state index in [1.807, 2.05) is 0 Å². The van der Waals surface area contributed by atoms with E-state index in [-0.39, 0.29) is 11.5 Å². The molecule has 0 radical (unpaired) electrons. The Labute approximate surface area is 105 Å². The summed E-state index contributed by atoms with van der Waals surface area (Å²) in [4.78, 5) is 23.4. The molecule has 1 rings (SSSR count). The first-order valence-electron chi connectivity index (χ1n) is 5.24. The minimum atomic E-state index is -0.259. The highest BCUT2D eigenvalue weighted by Gasteiger charge is 2.05. The summed E-state index contributed by atoms with van der Waals surface area (Å²) < 4.78 is 1.41. The monoisotopic (exact) mass is 253 g/mol. The molecule has 6 heteroatoms. The molecule has 0 spiro atoms. The summed E-state index contributed by atoms with van der Waals surface area (Å²) in [6.07, 6.45) is 2.87. The number of nitrogens with zero attached hydrogens (tertiary/aromatic N) is 1. The third-order valence-corrected chi connectivity index (χ3v) is 2.46. The summed E-state index contributed by atoms with van der Waals surface area (Å²) in [5.74, 6) is -0.259. The smallest absolute Gasteiger partial charge is 0.251 e. The average molecular weight is 253 g/mol. The lowest BCUT2D eigenvalue weighted by molar-refractivity contribution is 0.0953. The third-order valence-electron chi connectivity index (χ3n) is 2.25. The Kier molecular flexibility index (Phi) is 4.84. The zero-order chi connectivity index (χ0) is 12.8. The van der Waals surface area contributed by atoms with Crippen LogP contribution in [0.1, 0.15) is 23.2 Å². The zero-order valence-electron chi connectivity index (χ0n) is 9.60. The number of carbonyl (C=O) groups excluding carboxylic acids is 1. The van der Waals surface area contributed by atoms with Crippen molar-refractivity contribution in [1.29, 1.82) is 0 Å². The van der Waals surface area contributed by atoms with Gasteiger partial charge in [0.25, 0.3) is 11.5 Å².